The number of pyridine rings is 1. The third-order valence-corrected chi connectivity index (χ3v) is 3.24. The van der Waals surface area contributed by atoms with Gasteiger partial charge in [-0.3, -0.25) is 4.98 Å². The van der Waals surface area contributed by atoms with Gasteiger partial charge in [0.15, 0.2) is 11.6 Å². The highest BCUT2D eigenvalue weighted by molar-refractivity contribution is 5.22. The van der Waals surface area contributed by atoms with E-state index < -0.39 is 11.6 Å². The van der Waals surface area contributed by atoms with E-state index in [0.29, 0.717) is 0 Å². The van der Waals surface area contributed by atoms with Gasteiger partial charge in [-0.1, -0.05) is 38.5 Å². The normalized spacial score (nSPS) is 16.1. The summed E-state index contributed by atoms with van der Waals surface area (Å²) in [5.74, 6) is -1.60. The molecule has 2 nitrogen and oxygen atoms in total. The summed E-state index contributed by atoms with van der Waals surface area (Å²) in [5.41, 5.74) is 2.12. The van der Waals surface area contributed by atoms with Crippen molar-refractivity contribution >= 4 is 0 Å². The zero-order chi connectivity index (χ0) is 16.4. The maximum Gasteiger partial charge on any atom is 0.158 e. The van der Waals surface area contributed by atoms with Crippen molar-refractivity contribution in [2.24, 2.45) is 0 Å². The van der Waals surface area contributed by atoms with E-state index in [1.54, 1.807) is 6.20 Å². The molecule has 3 rings (SSSR count). The first-order chi connectivity index (χ1) is 10.7. The molecule has 1 heterocycles. The van der Waals surface area contributed by atoms with Crippen molar-refractivity contribution < 1.29 is 13.9 Å². The summed E-state index contributed by atoms with van der Waals surface area (Å²) in [6.07, 6.45) is 5.65. The second-order valence-corrected chi connectivity index (χ2v) is 4.72. The smallest absolute Gasteiger partial charge is 0.158 e. The Kier molecular flexibility index (Phi) is 8.30. The molecule has 1 aliphatic rings. The molecule has 1 atom stereocenters. The molecule has 1 N–H and O–H groups in total. The summed E-state index contributed by atoms with van der Waals surface area (Å²) in [6.45, 7) is 4.00. The van der Waals surface area contributed by atoms with Gasteiger partial charge in [0.25, 0.3) is 0 Å². The van der Waals surface area contributed by atoms with Crippen LogP contribution in [0.2, 0.25) is 0 Å². The first-order valence-electron chi connectivity index (χ1n) is 7.70. The minimum atomic E-state index is -0.799. The lowest BCUT2D eigenvalue weighted by molar-refractivity contribution is 0.162. The highest BCUT2D eigenvalue weighted by atomic mass is 19.2. The summed E-state index contributed by atoms with van der Waals surface area (Å²) in [6, 6.07) is 9.05. The van der Waals surface area contributed by atoms with Gasteiger partial charge >= 0.3 is 0 Å². The van der Waals surface area contributed by atoms with Crippen molar-refractivity contribution in [3.8, 4) is 0 Å². The van der Waals surface area contributed by atoms with Crippen LogP contribution < -0.4 is 0 Å². The van der Waals surface area contributed by atoms with Crippen LogP contribution in [0.1, 0.15) is 50.5 Å². The molecular weight excluding hydrogens is 284 g/mol. The van der Waals surface area contributed by atoms with E-state index in [4.69, 9.17) is 0 Å². The topological polar surface area (TPSA) is 33.1 Å². The minimum absolute atomic E-state index is 0.330. The summed E-state index contributed by atoms with van der Waals surface area (Å²) < 4.78 is 23.9. The zero-order valence-electron chi connectivity index (χ0n) is 13.1. The molecule has 0 saturated heterocycles. The van der Waals surface area contributed by atoms with Crippen LogP contribution in [0.3, 0.4) is 0 Å². The molecule has 22 heavy (non-hydrogen) atoms. The van der Waals surface area contributed by atoms with Crippen LogP contribution in [0.4, 0.5) is 8.78 Å². The van der Waals surface area contributed by atoms with E-state index in [1.807, 2.05) is 19.9 Å². The van der Waals surface area contributed by atoms with Crippen LogP contribution in [0, 0.1) is 11.6 Å². The molecule has 1 aromatic heterocycles. The molecule has 0 aliphatic heterocycles. The molecule has 1 aromatic carbocycles. The molecule has 0 amide bonds. The largest absolute Gasteiger partial charge is 0.387 e. The number of benzene rings is 1. The average molecular weight is 307 g/mol. The fourth-order valence-electron chi connectivity index (χ4n) is 2.19. The number of aryl methyl sites for hydroxylation is 1. The van der Waals surface area contributed by atoms with Gasteiger partial charge in [0.05, 0.1) is 11.8 Å². The summed E-state index contributed by atoms with van der Waals surface area (Å²) in [4.78, 5) is 4.21. The molecule has 1 aliphatic carbocycles. The molecule has 0 bridgehead atoms. The molecule has 4 heteroatoms. The molecule has 0 radical (unpaired) electrons. The van der Waals surface area contributed by atoms with Crippen molar-refractivity contribution in [3.63, 3.8) is 0 Å². The number of nitrogens with zero attached hydrogens (tertiary/aromatic N) is 1. The molecular formula is C18H23F2NO. The highest BCUT2D eigenvalue weighted by Gasteiger charge is 2.16. The fourth-order valence-corrected chi connectivity index (χ4v) is 2.19. The van der Waals surface area contributed by atoms with Crippen LogP contribution in [-0.2, 0) is 6.42 Å². The Morgan fingerprint density at radius 3 is 2.23 bits per heavy atom. The molecule has 0 fully saturated rings. The third-order valence-electron chi connectivity index (χ3n) is 3.24. The van der Waals surface area contributed by atoms with Gasteiger partial charge in [-0.15, -0.1) is 0 Å². The van der Waals surface area contributed by atoms with E-state index >= 15 is 0 Å². The number of hydrogen-bond acceptors (Lipinski definition) is 2. The highest BCUT2D eigenvalue weighted by Crippen LogP contribution is 2.25. The molecule has 0 saturated carbocycles. The SMILES string of the molecule is CC.Fc1ccccc1F.OC1CCCCc2cccnc21. The first-order valence-corrected chi connectivity index (χ1v) is 7.70. The number of aromatic nitrogens is 1. The van der Waals surface area contributed by atoms with Gasteiger partial charge in [-0.2, -0.15) is 0 Å². The van der Waals surface area contributed by atoms with Crippen molar-refractivity contribution in [1.82, 2.24) is 4.98 Å². The summed E-state index contributed by atoms with van der Waals surface area (Å²) in [7, 11) is 0. The maximum absolute atomic E-state index is 11.9. The van der Waals surface area contributed by atoms with E-state index in [-0.39, 0.29) is 6.10 Å². The van der Waals surface area contributed by atoms with Crippen LogP contribution in [0.15, 0.2) is 42.6 Å². The lowest BCUT2D eigenvalue weighted by Crippen LogP contribution is -2.01. The second kappa shape index (κ2) is 10.0. The Bertz CT molecular complexity index is 539. The number of hydrogen-bond donors (Lipinski definition) is 1. The number of halogens is 2. The molecule has 2 aromatic rings. The lowest BCUT2D eigenvalue weighted by Gasteiger charge is -2.08. The van der Waals surface area contributed by atoms with Crippen LogP contribution in [-0.4, -0.2) is 10.1 Å². The van der Waals surface area contributed by atoms with Gasteiger partial charge in [0.2, 0.25) is 0 Å². The Labute approximate surface area is 130 Å². The first kappa shape index (κ1) is 18.2. The number of fused-ring (bicyclic) bond motifs is 1. The Morgan fingerprint density at radius 1 is 1.00 bits per heavy atom. The number of rotatable bonds is 0. The number of aliphatic hydroxyl groups is 1. The third kappa shape index (κ3) is 5.53. The average Bonchev–Trinajstić information content (AvgIpc) is 2.75. The van der Waals surface area contributed by atoms with Gasteiger partial charge in [-0.25, -0.2) is 8.78 Å². The quantitative estimate of drug-likeness (QED) is 0.707. The summed E-state index contributed by atoms with van der Waals surface area (Å²) >= 11 is 0. The van der Waals surface area contributed by atoms with Gasteiger partial charge < -0.3 is 5.11 Å². The maximum atomic E-state index is 11.9. The van der Waals surface area contributed by atoms with E-state index in [9.17, 15) is 13.9 Å². The Hall–Kier alpha value is -1.81. The van der Waals surface area contributed by atoms with E-state index in [2.05, 4.69) is 11.1 Å². The van der Waals surface area contributed by atoms with E-state index in [1.165, 1.54) is 24.1 Å². The van der Waals surface area contributed by atoms with Gasteiger partial charge in [-0.05, 0) is 43.0 Å². The number of aliphatic hydroxyl groups excluding tert-OH is 1. The molecule has 0 spiro atoms. The van der Waals surface area contributed by atoms with E-state index in [0.717, 1.165) is 37.1 Å². The monoisotopic (exact) mass is 307 g/mol. The van der Waals surface area contributed by atoms with Crippen molar-refractivity contribution in [2.45, 2.75) is 45.6 Å². The molecule has 1 unspecified atom stereocenters. The van der Waals surface area contributed by atoms with Crippen molar-refractivity contribution in [3.05, 3.63) is 65.5 Å². The predicted molar refractivity (Wildman–Crippen MR) is 84.5 cm³/mol. The summed E-state index contributed by atoms with van der Waals surface area (Å²) in [5, 5.41) is 9.68. The predicted octanol–water partition coefficient (Wildman–Crippen LogP) is 4.83. The van der Waals surface area contributed by atoms with Crippen LogP contribution in [0.5, 0.6) is 0 Å². The zero-order valence-corrected chi connectivity index (χ0v) is 13.1. The lowest BCUT2D eigenvalue weighted by atomic mass is 10.1. The second-order valence-electron chi connectivity index (χ2n) is 4.72. The minimum Gasteiger partial charge on any atom is -0.387 e. The fraction of sp³-hybridized carbons (Fsp3) is 0.389. The van der Waals surface area contributed by atoms with Crippen molar-refractivity contribution in [2.75, 3.05) is 0 Å². The van der Waals surface area contributed by atoms with Gasteiger partial charge in [0.1, 0.15) is 0 Å². The van der Waals surface area contributed by atoms with Crippen LogP contribution in [0.25, 0.3) is 0 Å². The Morgan fingerprint density at radius 2 is 1.64 bits per heavy atom. The van der Waals surface area contributed by atoms with Crippen molar-refractivity contribution in [1.29, 1.82) is 0 Å². The Balaban J connectivity index is 0.000000211. The molecule has 120 valence electrons. The van der Waals surface area contributed by atoms with Gasteiger partial charge in [0, 0.05) is 6.20 Å². The standard InChI is InChI=1S/C10H13NO.C6H4F2.C2H6/c12-9-6-2-1-4-8-5-3-7-11-10(8)9;7-5-3-1-2-4-6(5)8;1-2/h3,5,7,9,12H,1-2,4,6H2;1-4H;1-2H3. The van der Waals surface area contributed by atoms with Crippen LogP contribution >= 0.6 is 0 Å².